The molecule has 0 bridgehead atoms. The van der Waals surface area contributed by atoms with Crippen molar-refractivity contribution in [1.29, 1.82) is 0 Å². The number of nitrogen functional groups attached to an aromatic ring is 1. The molecule has 0 unspecified atom stereocenters. The second-order valence-corrected chi connectivity index (χ2v) is 7.89. The number of para-hydroxylation sites is 1. The number of carbonyl (C=O) groups is 1. The largest absolute Gasteiger partial charge is 0.374 e. The van der Waals surface area contributed by atoms with Gasteiger partial charge in [-0.1, -0.05) is 53.5 Å². The van der Waals surface area contributed by atoms with E-state index in [9.17, 15) is 4.79 Å². The number of nitrogens with one attached hydrogen (secondary N) is 1. The number of hydrogen-bond donors (Lipinski definition) is 2. The highest BCUT2D eigenvalue weighted by Gasteiger charge is 2.21. The Labute approximate surface area is 139 Å². The van der Waals surface area contributed by atoms with Crippen molar-refractivity contribution in [3.8, 4) is 0 Å². The first-order chi connectivity index (χ1) is 10.7. The van der Waals surface area contributed by atoms with Crippen molar-refractivity contribution in [2.75, 3.05) is 11.1 Å². The first kappa shape index (κ1) is 15.2. The lowest BCUT2D eigenvalue weighted by Crippen LogP contribution is -2.24. The van der Waals surface area contributed by atoms with Crippen molar-refractivity contribution >= 4 is 60.8 Å². The molecular formula is C13H13N5OS3. The van der Waals surface area contributed by atoms with Crippen molar-refractivity contribution in [3.63, 3.8) is 0 Å². The molecule has 3 N–H and O–H groups in total. The van der Waals surface area contributed by atoms with E-state index >= 15 is 0 Å². The van der Waals surface area contributed by atoms with Crippen LogP contribution < -0.4 is 11.1 Å². The molecule has 1 amide bonds. The predicted molar refractivity (Wildman–Crippen MR) is 92.5 cm³/mol. The average Bonchev–Trinajstić information content (AvgIpc) is 3.09. The zero-order valence-corrected chi connectivity index (χ0v) is 14.1. The summed E-state index contributed by atoms with van der Waals surface area (Å²) in [6, 6.07) is 7.80. The zero-order chi connectivity index (χ0) is 15.5. The second-order valence-electron chi connectivity index (χ2n) is 4.40. The monoisotopic (exact) mass is 351 g/mol. The van der Waals surface area contributed by atoms with Gasteiger partial charge in [0.1, 0.15) is 0 Å². The summed E-state index contributed by atoms with van der Waals surface area (Å²) >= 11 is 4.12. The summed E-state index contributed by atoms with van der Waals surface area (Å²) in [6.45, 7) is 1.96. The summed E-state index contributed by atoms with van der Waals surface area (Å²) in [5.74, 6) is -0.0830. The van der Waals surface area contributed by atoms with Gasteiger partial charge in [-0.15, -0.1) is 10.2 Å². The van der Waals surface area contributed by atoms with Gasteiger partial charge < -0.3 is 11.1 Å². The molecule has 1 atom stereocenters. The van der Waals surface area contributed by atoms with Gasteiger partial charge in [-0.25, -0.2) is 4.98 Å². The maximum Gasteiger partial charge on any atom is 0.239 e. The standard InChI is InChI=1S/C13H13N5OS3/c1-2-8(21-13-18-17-11(14)22-13)10(19)16-12-15-7-5-3-4-6-9(7)20-12/h3-6,8H,2H2,1H3,(H2,14,17)(H,15,16,19)/t8-/m1/s1. The molecule has 3 aromatic rings. The van der Waals surface area contributed by atoms with E-state index in [2.05, 4.69) is 20.5 Å². The molecule has 0 aliphatic heterocycles. The van der Waals surface area contributed by atoms with Crippen molar-refractivity contribution in [2.45, 2.75) is 22.9 Å². The highest BCUT2D eigenvalue weighted by Crippen LogP contribution is 2.31. The van der Waals surface area contributed by atoms with Crippen LogP contribution in [0, 0.1) is 0 Å². The molecule has 2 aromatic heterocycles. The third kappa shape index (κ3) is 3.37. The normalized spacial score (nSPS) is 12.4. The zero-order valence-electron chi connectivity index (χ0n) is 11.6. The van der Waals surface area contributed by atoms with Gasteiger partial charge in [0.15, 0.2) is 9.47 Å². The van der Waals surface area contributed by atoms with E-state index in [4.69, 9.17) is 5.73 Å². The minimum Gasteiger partial charge on any atom is -0.374 e. The first-order valence-corrected chi connectivity index (χ1v) is 9.09. The topological polar surface area (TPSA) is 93.8 Å². The molecular weight excluding hydrogens is 338 g/mol. The molecule has 114 valence electrons. The fourth-order valence-corrected chi connectivity index (χ4v) is 4.50. The molecule has 22 heavy (non-hydrogen) atoms. The number of nitrogens with zero attached hydrogens (tertiary/aromatic N) is 3. The average molecular weight is 351 g/mol. The fourth-order valence-electron chi connectivity index (χ4n) is 1.82. The number of fused-ring (bicyclic) bond motifs is 1. The minimum atomic E-state index is -0.251. The van der Waals surface area contributed by atoms with Gasteiger partial charge in [0.25, 0.3) is 0 Å². The smallest absolute Gasteiger partial charge is 0.239 e. The maximum absolute atomic E-state index is 12.4. The molecule has 3 rings (SSSR count). The molecule has 1 aromatic carbocycles. The van der Waals surface area contributed by atoms with Crippen LogP contribution in [0.25, 0.3) is 10.2 Å². The second kappa shape index (κ2) is 6.59. The third-order valence-electron chi connectivity index (χ3n) is 2.85. The summed E-state index contributed by atoms with van der Waals surface area (Å²) < 4.78 is 1.75. The van der Waals surface area contributed by atoms with Gasteiger partial charge >= 0.3 is 0 Å². The van der Waals surface area contributed by atoms with Crippen LogP contribution in [-0.2, 0) is 4.79 Å². The SMILES string of the molecule is CC[C@@H](Sc1nnc(N)s1)C(=O)Nc1nc2ccccc2s1. The summed E-state index contributed by atoms with van der Waals surface area (Å²) in [5, 5.41) is 11.4. The van der Waals surface area contributed by atoms with Crippen LogP contribution in [0.15, 0.2) is 28.6 Å². The Morgan fingerprint density at radius 1 is 1.36 bits per heavy atom. The van der Waals surface area contributed by atoms with Gasteiger partial charge in [0.2, 0.25) is 11.0 Å². The first-order valence-electron chi connectivity index (χ1n) is 6.57. The molecule has 0 saturated heterocycles. The molecule has 0 aliphatic carbocycles. The van der Waals surface area contributed by atoms with Gasteiger partial charge in [-0.2, -0.15) is 0 Å². The number of thioether (sulfide) groups is 1. The number of carbonyl (C=O) groups excluding carboxylic acids is 1. The van der Waals surface area contributed by atoms with Gasteiger partial charge in [-0.05, 0) is 18.6 Å². The lowest BCUT2D eigenvalue weighted by Gasteiger charge is -2.11. The highest BCUT2D eigenvalue weighted by atomic mass is 32.2. The molecule has 0 saturated carbocycles. The Balaban J connectivity index is 1.71. The minimum absolute atomic E-state index is 0.0830. The lowest BCUT2D eigenvalue weighted by atomic mass is 10.3. The van der Waals surface area contributed by atoms with E-state index in [1.807, 2.05) is 31.2 Å². The molecule has 9 heteroatoms. The number of nitrogens with two attached hydrogens (primary N) is 1. The molecule has 2 heterocycles. The Hall–Kier alpha value is -1.71. The van der Waals surface area contributed by atoms with Crippen LogP contribution in [0.1, 0.15) is 13.3 Å². The van der Waals surface area contributed by atoms with E-state index in [0.29, 0.717) is 21.0 Å². The van der Waals surface area contributed by atoms with Gasteiger partial charge in [0, 0.05) is 0 Å². The maximum atomic E-state index is 12.4. The molecule has 0 fully saturated rings. The van der Waals surface area contributed by atoms with E-state index < -0.39 is 0 Å². The Morgan fingerprint density at radius 3 is 2.86 bits per heavy atom. The van der Waals surface area contributed by atoms with Crippen molar-refractivity contribution < 1.29 is 4.79 Å². The third-order valence-corrected chi connectivity index (χ3v) is 6.01. The van der Waals surface area contributed by atoms with Crippen LogP contribution in [0.2, 0.25) is 0 Å². The van der Waals surface area contributed by atoms with E-state index in [0.717, 1.165) is 10.2 Å². The molecule has 0 radical (unpaired) electrons. The number of anilines is 2. The van der Waals surface area contributed by atoms with Crippen LogP contribution >= 0.6 is 34.4 Å². The van der Waals surface area contributed by atoms with E-state index in [-0.39, 0.29) is 11.2 Å². The predicted octanol–water partition coefficient (Wildman–Crippen LogP) is 3.24. The number of thiazole rings is 1. The van der Waals surface area contributed by atoms with Crippen LogP contribution in [0.4, 0.5) is 10.3 Å². The van der Waals surface area contributed by atoms with Crippen molar-refractivity contribution in [3.05, 3.63) is 24.3 Å². The quantitative estimate of drug-likeness (QED) is 0.685. The Bertz CT molecular complexity index is 767. The van der Waals surface area contributed by atoms with Crippen LogP contribution in [0.5, 0.6) is 0 Å². The highest BCUT2D eigenvalue weighted by molar-refractivity contribution is 8.02. The van der Waals surface area contributed by atoms with Gasteiger partial charge in [0.05, 0.1) is 15.5 Å². The Kier molecular flexibility index (Phi) is 4.55. The van der Waals surface area contributed by atoms with Crippen molar-refractivity contribution in [1.82, 2.24) is 15.2 Å². The summed E-state index contributed by atoms with van der Waals surface area (Å²) in [7, 11) is 0. The number of rotatable bonds is 5. The van der Waals surface area contributed by atoms with Crippen molar-refractivity contribution in [2.24, 2.45) is 0 Å². The molecule has 0 aliphatic rings. The molecule has 0 spiro atoms. The van der Waals surface area contributed by atoms with Crippen LogP contribution in [-0.4, -0.2) is 26.3 Å². The number of aromatic nitrogens is 3. The Morgan fingerprint density at radius 2 is 2.18 bits per heavy atom. The fraction of sp³-hybridized carbons (Fsp3) is 0.231. The lowest BCUT2D eigenvalue weighted by molar-refractivity contribution is -0.115. The molecule has 6 nitrogen and oxygen atoms in total. The van der Waals surface area contributed by atoms with Gasteiger partial charge in [-0.3, -0.25) is 4.79 Å². The van der Waals surface area contributed by atoms with E-state index in [1.165, 1.54) is 34.4 Å². The van der Waals surface area contributed by atoms with E-state index in [1.54, 1.807) is 0 Å². The summed E-state index contributed by atoms with van der Waals surface area (Å²) in [5.41, 5.74) is 6.45. The van der Waals surface area contributed by atoms with Crippen LogP contribution in [0.3, 0.4) is 0 Å². The summed E-state index contributed by atoms with van der Waals surface area (Å²) in [6.07, 6.45) is 0.681. The summed E-state index contributed by atoms with van der Waals surface area (Å²) in [4.78, 5) is 16.8. The number of benzene rings is 1. The number of hydrogen-bond acceptors (Lipinski definition) is 8. The number of amides is 1.